The van der Waals surface area contributed by atoms with Crippen molar-refractivity contribution in [2.45, 2.75) is 6.10 Å². The summed E-state index contributed by atoms with van der Waals surface area (Å²) in [5.41, 5.74) is 7.06. The first-order valence-corrected chi connectivity index (χ1v) is 5.85. The quantitative estimate of drug-likeness (QED) is 0.750. The Balaban J connectivity index is 2.34. The Morgan fingerprint density at radius 3 is 2.68 bits per heavy atom. The first-order chi connectivity index (χ1) is 9.19. The molecule has 2 rings (SSSR count). The first kappa shape index (κ1) is 13.4. The number of nitrogens with one attached hydrogen (secondary N) is 1. The highest BCUT2D eigenvalue weighted by atomic mass is 16.5. The third-order valence-corrected chi connectivity index (χ3v) is 2.83. The van der Waals surface area contributed by atoms with Gasteiger partial charge in [-0.1, -0.05) is 0 Å². The highest BCUT2D eigenvalue weighted by Crippen LogP contribution is 2.31. The second-order valence-corrected chi connectivity index (χ2v) is 4.00. The lowest BCUT2D eigenvalue weighted by atomic mass is 10.1. The molecular weight excluding hydrogens is 246 g/mol. The molecule has 0 amide bonds. The molecule has 102 valence electrons. The largest absolute Gasteiger partial charge is 0.493 e. The van der Waals surface area contributed by atoms with E-state index in [0.717, 1.165) is 11.3 Å². The molecule has 6 heteroatoms. The zero-order valence-corrected chi connectivity index (χ0v) is 10.9. The summed E-state index contributed by atoms with van der Waals surface area (Å²) >= 11 is 0. The van der Waals surface area contributed by atoms with Crippen molar-refractivity contribution in [1.82, 2.24) is 9.97 Å². The number of ether oxygens (including phenoxy) is 2. The minimum absolute atomic E-state index is 0.124. The Labute approximate surface area is 111 Å². The number of aromatic amines is 1. The number of H-pyrrole nitrogens is 1. The smallest absolute Gasteiger partial charge is 0.161 e. The van der Waals surface area contributed by atoms with E-state index in [1.807, 2.05) is 18.2 Å². The number of imidazole rings is 1. The third-order valence-electron chi connectivity index (χ3n) is 2.83. The van der Waals surface area contributed by atoms with E-state index in [-0.39, 0.29) is 6.54 Å². The van der Waals surface area contributed by atoms with Crippen LogP contribution in [0.15, 0.2) is 24.4 Å². The number of methoxy groups -OCH3 is 2. The standard InChI is InChI=1S/C13H17N3O3/c1-18-11-4-3-8(5-12(11)19-2)9-7-15-13(16-9)10(17)6-14/h3-5,7,10,17H,6,14H2,1-2H3,(H,15,16). The van der Waals surface area contributed by atoms with Gasteiger partial charge in [-0.25, -0.2) is 4.98 Å². The number of hydrogen-bond acceptors (Lipinski definition) is 5. The van der Waals surface area contributed by atoms with Crippen LogP contribution in [0.5, 0.6) is 11.5 Å². The van der Waals surface area contributed by atoms with Crippen molar-refractivity contribution in [1.29, 1.82) is 0 Å². The average molecular weight is 263 g/mol. The fourth-order valence-electron chi connectivity index (χ4n) is 1.77. The number of nitrogens with zero attached hydrogens (tertiary/aromatic N) is 1. The molecule has 1 aromatic carbocycles. The summed E-state index contributed by atoms with van der Waals surface area (Å²) in [6.45, 7) is 0.124. The van der Waals surface area contributed by atoms with E-state index in [1.165, 1.54) is 0 Å². The van der Waals surface area contributed by atoms with Crippen LogP contribution in [0.4, 0.5) is 0 Å². The Hall–Kier alpha value is -2.05. The van der Waals surface area contributed by atoms with Gasteiger partial charge >= 0.3 is 0 Å². The number of hydrogen-bond donors (Lipinski definition) is 3. The Kier molecular flexibility index (Phi) is 4.03. The first-order valence-electron chi connectivity index (χ1n) is 5.85. The minimum Gasteiger partial charge on any atom is -0.493 e. The van der Waals surface area contributed by atoms with Gasteiger partial charge in [0.15, 0.2) is 11.5 Å². The Bertz CT molecular complexity index is 554. The van der Waals surface area contributed by atoms with Crippen molar-refractivity contribution in [2.75, 3.05) is 20.8 Å². The van der Waals surface area contributed by atoms with Crippen LogP contribution < -0.4 is 15.2 Å². The number of nitrogens with two attached hydrogens (primary N) is 1. The number of rotatable bonds is 5. The van der Waals surface area contributed by atoms with Crippen LogP contribution in [0, 0.1) is 0 Å². The summed E-state index contributed by atoms with van der Waals surface area (Å²) in [5, 5.41) is 9.61. The zero-order valence-electron chi connectivity index (χ0n) is 10.9. The van der Waals surface area contributed by atoms with Gasteiger partial charge in [-0.3, -0.25) is 0 Å². The lowest BCUT2D eigenvalue weighted by molar-refractivity contribution is 0.177. The van der Waals surface area contributed by atoms with Gasteiger partial charge in [0.05, 0.1) is 26.1 Å². The summed E-state index contributed by atoms with van der Waals surface area (Å²) in [6, 6.07) is 5.53. The Morgan fingerprint density at radius 2 is 2.05 bits per heavy atom. The maximum absolute atomic E-state index is 9.61. The van der Waals surface area contributed by atoms with Gasteiger partial charge in [0.1, 0.15) is 11.9 Å². The fraction of sp³-hybridized carbons (Fsp3) is 0.308. The van der Waals surface area contributed by atoms with Gasteiger partial charge in [-0.2, -0.15) is 0 Å². The number of aromatic nitrogens is 2. The molecule has 1 unspecified atom stereocenters. The van der Waals surface area contributed by atoms with Gasteiger partial charge in [-0.05, 0) is 18.2 Å². The van der Waals surface area contributed by atoms with E-state index >= 15 is 0 Å². The summed E-state index contributed by atoms with van der Waals surface area (Å²) in [7, 11) is 3.17. The molecule has 0 aliphatic rings. The van der Waals surface area contributed by atoms with E-state index in [2.05, 4.69) is 9.97 Å². The summed E-state index contributed by atoms with van der Waals surface area (Å²) in [6.07, 6.45) is 0.865. The molecule has 1 atom stereocenters. The topological polar surface area (TPSA) is 93.4 Å². The highest BCUT2D eigenvalue weighted by molar-refractivity contribution is 5.63. The molecule has 1 heterocycles. The molecule has 2 aromatic rings. The third kappa shape index (κ3) is 2.69. The molecule has 0 fully saturated rings. The van der Waals surface area contributed by atoms with Crippen LogP contribution in [0.25, 0.3) is 11.3 Å². The minimum atomic E-state index is -0.783. The maximum atomic E-state index is 9.61. The van der Waals surface area contributed by atoms with Gasteiger partial charge in [0, 0.05) is 12.1 Å². The van der Waals surface area contributed by atoms with Crippen molar-refractivity contribution < 1.29 is 14.6 Å². The molecule has 19 heavy (non-hydrogen) atoms. The monoisotopic (exact) mass is 263 g/mol. The van der Waals surface area contributed by atoms with E-state index in [0.29, 0.717) is 17.3 Å². The van der Waals surface area contributed by atoms with Crippen LogP contribution >= 0.6 is 0 Å². The van der Waals surface area contributed by atoms with Gasteiger partial charge in [0.2, 0.25) is 0 Å². The number of benzene rings is 1. The lowest BCUT2D eigenvalue weighted by Gasteiger charge is -2.08. The van der Waals surface area contributed by atoms with Crippen molar-refractivity contribution in [3.8, 4) is 22.8 Å². The van der Waals surface area contributed by atoms with E-state index < -0.39 is 6.10 Å². The molecule has 6 nitrogen and oxygen atoms in total. The molecule has 0 radical (unpaired) electrons. The number of aliphatic hydroxyl groups is 1. The van der Waals surface area contributed by atoms with Crippen molar-refractivity contribution in [3.63, 3.8) is 0 Å². The van der Waals surface area contributed by atoms with Crippen molar-refractivity contribution in [2.24, 2.45) is 5.73 Å². The SMILES string of the molecule is COc1ccc(-c2cnc(C(O)CN)[nH]2)cc1OC. The summed E-state index contributed by atoms with van der Waals surface area (Å²) in [5.74, 6) is 1.75. The maximum Gasteiger partial charge on any atom is 0.161 e. The van der Waals surface area contributed by atoms with Gasteiger partial charge in [0.25, 0.3) is 0 Å². The predicted octanol–water partition coefficient (Wildman–Crippen LogP) is 1.09. The Morgan fingerprint density at radius 1 is 1.32 bits per heavy atom. The molecule has 0 aliphatic heterocycles. The van der Waals surface area contributed by atoms with Gasteiger partial charge < -0.3 is 25.3 Å². The predicted molar refractivity (Wildman–Crippen MR) is 71.1 cm³/mol. The van der Waals surface area contributed by atoms with Crippen LogP contribution in [-0.2, 0) is 0 Å². The second kappa shape index (κ2) is 5.73. The highest BCUT2D eigenvalue weighted by Gasteiger charge is 2.12. The van der Waals surface area contributed by atoms with Gasteiger partial charge in [-0.15, -0.1) is 0 Å². The summed E-state index contributed by atoms with van der Waals surface area (Å²) < 4.78 is 10.4. The molecular formula is C13H17N3O3. The van der Waals surface area contributed by atoms with E-state index in [4.69, 9.17) is 15.2 Å². The fourth-order valence-corrected chi connectivity index (χ4v) is 1.77. The van der Waals surface area contributed by atoms with Crippen LogP contribution in [-0.4, -0.2) is 35.8 Å². The molecule has 0 saturated carbocycles. The van der Waals surface area contributed by atoms with E-state index in [9.17, 15) is 5.11 Å². The zero-order chi connectivity index (χ0) is 13.8. The molecule has 0 saturated heterocycles. The molecule has 4 N–H and O–H groups in total. The second-order valence-electron chi connectivity index (χ2n) is 4.00. The number of aliphatic hydroxyl groups excluding tert-OH is 1. The normalized spacial score (nSPS) is 12.2. The molecule has 0 bridgehead atoms. The average Bonchev–Trinajstić information content (AvgIpc) is 2.95. The van der Waals surface area contributed by atoms with Crippen LogP contribution in [0.2, 0.25) is 0 Å². The van der Waals surface area contributed by atoms with Crippen LogP contribution in [0.1, 0.15) is 11.9 Å². The summed E-state index contributed by atoms with van der Waals surface area (Å²) in [4.78, 5) is 7.14. The molecule has 0 spiro atoms. The van der Waals surface area contributed by atoms with E-state index in [1.54, 1.807) is 20.4 Å². The van der Waals surface area contributed by atoms with Crippen molar-refractivity contribution >= 4 is 0 Å². The lowest BCUT2D eigenvalue weighted by Crippen LogP contribution is -2.12. The molecule has 1 aromatic heterocycles. The van der Waals surface area contributed by atoms with Crippen molar-refractivity contribution in [3.05, 3.63) is 30.2 Å². The van der Waals surface area contributed by atoms with Crippen LogP contribution in [0.3, 0.4) is 0 Å². The molecule has 0 aliphatic carbocycles.